The maximum Gasteiger partial charge on any atom is 0.336 e. The molecule has 0 aliphatic rings. The number of hydrogen-bond donors (Lipinski definition) is 2. The van der Waals surface area contributed by atoms with Crippen molar-refractivity contribution in [1.82, 2.24) is 4.72 Å². The lowest BCUT2D eigenvalue weighted by molar-refractivity contribution is 0.0695. The van der Waals surface area contributed by atoms with E-state index in [9.17, 15) is 17.6 Å². The largest absolute Gasteiger partial charge is 0.478 e. The third kappa shape index (κ3) is 5.89. The number of aromatic carboxylic acids is 1. The van der Waals surface area contributed by atoms with Gasteiger partial charge in [-0.05, 0) is 37.0 Å². The van der Waals surface area contributed by atoms with Crippen molar-refractivity contribution in [2.75, 3.05) is 19.8 Å². The fourth-order valence-corrected chi connectivity index (χ4v) is 3.28. The Morgan fingerprint density at radius 2 is 2.04 bits per heavy atom. The third-order valence-corrected chi connectivity index (χ3v) is 4.64. The SMILES string of the molecule is Cc1c(C(=O)O)cc(F)cc1S(=O)(=O)NCCCOCC(C)C. The van der Waals surface area contributed by atoms with E-state index < -0.39 is 21.8 Å². The normalized spacial score (nSPS) is 11.9. The first-order chi connectivity index (χ1) is 10.6. The highest BCUT2D eigenvalue weighted by molar-refractivity contribution is 7.89. The predicted octanol–water partition coefficient (Wildman–Crippen LogP) is 2.17. The third-order valence-electron chi connectivity index (χ3n) is 3.05. The number of nitrogens with one attached hydrogen (secondary N) is 1. The molecule has 1 aromatic rings. The van der Waals surface area contributed by atoms with Crippen LogP contribution in [-0.2, 0) is 14.8 Å². The number of carboxylic acids is 1. The molecule has 1 rings (SSSR count). The summed E-state index contributed by atoms with van der Waals surface area (Å²) >= 11 is 0. The van der Waals surface area contributed by atoms with E-state index >= 15 is 0 Å². The number of sulfonamides is 1. The van der Waals surface area contributed by atoms with Gasteiger partial charge in [-0.25, -0.2) is 22.3 Å². The molecule has 0 saturated heterocycles. The monoisotopic (exact) mass is 347 g/mol. The second-order valence-corrected chi connectivity index (χ2v) is 7.34. The predicted molar refractivity (Wildman–Crippen MR) is 83.6 cm³/mol. The molecule has 0 radical (unpaired) electrons. The van der Waals surface area contributed by atoms with Gasteiger partial charge in [0.25, 0.3) is 0 Å². The van der Waals surface area contributed by atoms with Gasteiger partial charge in [0, 0.05) is 19.8 Å². The van der Waals surface area contributed by atoms with Gasteiger partial charge in [0.1, 0.15) is 5.82 Å². The van der Waals surface area contributed by atoms with Crippen LogP contribution in [0.2, 0.25) is 0 Å². The molecule has 2 N–H and O–H groups in total. The summed E-state index contributed by atoms with van der Waals surface area (Å²) in [7, 11) is -3.98. The lowest BCUT2D eigenvalue weighted by Gasteiger charge is -2.12. The Morgan fingerprint density at radius 3 is 2.61 bits per heavy atom. The van der Waals surface area contributed by atoms with Gasteiger partial charge < -0.3 is 9.84 Å². The molecule has 6 nitrogen and oxygen atoms in total. The zero-order chi connectivity index (χ0) is 17.6. The molecule has 0 aliphatic heterocycles. The van der Waals surface area contributed by atoms with Crippen LogP contribution in [0.25, 0.3) is 0 Å². The number of carbonyl (C=O) groups is 1. The van der Waals surface area contributed by atoms with E-state index in [0.29, 0.717) is 25.6 Å². The van der Waals surface area contributed by atoms with Crippen LogP contribution in [0.3, 0.4) is 0 Å². The summed E-state index contributed by atoms with van der Waals surface area (Å²) in [6.07, 6.45) is 0.464. The van der Waals surface area contributed by atoms with E-state index in [1.54, 1.807) is 0 Å². The van der Waals surface area contributed by atoms with Crippen molar-refractivity contribution in [3.8, 4) is 0 Å². The smallest absolute Gasteiger partial charge is 0.336 e. The standard InChI is InChI=1S/C15H22FNO5S/c1-10(2)9-22-6-4-5-17-23(20,21)14-8-12(16)7-13(11(14)3)15(18)19/h7-8,10,17H,4-6,9H2,1-3H3,(H,18,19). The minimum Gasteiger partial charge on any atom is -0.478 e. The Bertz CT molecular complexity index is 658. The summed E-state index contributed by atoms with van der Waals surface area (Å²) in [6, 6.07) is 1.62. The summed E-state index contributed by atoms with van der Waals surface area (Å²) in [5, 5.41) is 9.00. The van der Waals surface area contributed by atoms with E-state index in [1.165, 1.54) is 6.92 Å². The molecule has 0 aromatic heterocycles. The maximum atomic E-state index is 13.5. The van der Waals surface area contributed by atoms with Gasteiger partial charge in [-0.1, -0.05) is 13.8 Å². The second kappa shape index (κ2) is 8.37. The number of halogens is 1. The van der Waals surface area contributed by atoms with Gasteiger partial charge >= 0.3 is 5.97 Å². The molecule has 1 aromatic carbocycles. The first-order valence-electron chi connectivity index (χ1n) is 7.26. The highest BCUT2D eigenvalue weighted by Crippen LogP contribution is 2.21. The molecule has 8 heteroatoms. The lowest BCUT2D eigenvalue weighted by atomic mass is 10.1. The van der Waals surface area contributed by atoms with Crippen LogP contribution in [0, 0.1) is 18.7 Å². The minimum atomic E-state index is -3.98. The molecular weight excluding hydrogens is 325 g/mol. The highest BCUT2D eigenvalue weighted by atomic mass is 32.2. The van der Waals surface area contributed by atoms with Gasteiger partial charge in [0.15, 0.2) is 0 Å². The Kier molecular flexibility index (Phi) is 7.11. The van der Waals surface area contributed by atoms with Gasteiger partial charge in [0.2, 0.25) is 10.0 Å². The van der Waals surface area contributed by atoms with Gasteiger partial charge in [-0.3, -0.25) is 0 Å². The number of rotatable bonds is 9. The van der Waals surface area contributed by atoms with E-state index in [2.05, 4.69) is 4.72 Å². The molecular formula is C15H22FNO5S. The van der Waals surface area contributed by atoms with E-state index in [0.717, 1.165) is 12.1 Å². The van der Waals surface area contributed by atoms with E-state index in [4.69, 9.17) is 9.84 Å². The average molecular weight is 347 g/mol. The summed E-state index contributed by atoms with van der Waals surface area (Å²) in [5.41, 5.74) is -0.368. The average Bonchev–Trinajstić information content (AvgIpc) is 2.44. The minimum absolute atomic E-state index is 0.00228. The zero-order valence-electron chi connectivity index (χ0n) is 13.4. The van der Waals surface area contributed by atoms with Crippen LogP contribution in [-0.4, -0.2) is 39.3 Å². The Morgan fingerprint density at radius 1 is 1.39 bits per heavy atom. The zero-order valence-corrected chi connectivity index (χ0v) is 14.2. The molecule has 0 fully saturated rings. The molecule has 0 heterocycles. The topological polar surface area (TPSA) is 92.7 Å². The number of hydrogen-bond acceptors (Lipinski definition) is 4. The molecule has 130 valence electrons. The summed E-state index contributed by atoms with van der Waals surface area (Å²) in [6.45, 7) is 6.48. The molecule has 0 aliphatic carbocycles. The van der Waals surface area contributed by atoms with Crippen LogP contribution >= 0.6 is 0 Å². The molecule has 0 spiro atoms. The molecule has 23 heavy (non-hydrogen) atoms. The second-order valence-electron chi connectivity index (χ2n) is 5.60. The first kappa shape index (κ1) is 19.5. The van der Waals surface area contributed by atoms with Crippen molar-refractivity contribution in [1.29, 1.82) is 0 Å². The summed E-state index contributed by atoms with van der Waals surface area (Å²) in [4.78, 5) is 10.7. The number of ether oxygens (including phenoxy) is 1. The quantitative estimate of drug-likeness (QED) is 0.668. The first-order valence-corrected chi connectivity index (χ1v) is 8.74. The molecule has 0 bridgehead atoms. The fraction of sp³-hybridized carbons (Fsp3) is 0.533. The maximum absolute atomic E-state index is 13.5. The van der Waals surface area contributed by atoms with Crippen LogP contribution in [0.1, 0.15) is 36.2 Å². The highest BCUT2D eigenvalue weighted by Gasteiger charge is 2.22. The van der Waals surface area contributed by atoms with Crippen molar-refractivity contribution in [3.63, 3.8) is 0 Å². The fourth-order valence-electron chi connectivity index (χ4n) is 1.93. The van der Waals surface area contributed by atoms with E-state index in [-0.39, 0.29) is 22.6 Å². The van der Waals surface area contributed by atoms with Crippen LogP contribution in [0.4, 0.5) is 4.39 Å². The summed E-state index contributed by atoms with van der Waals surface area (Å²) in [5.74, 6) is -1.88. The van der Waals surface area contributed by atoms with Crippen LogP contribution < -0.4 is 4.72 Å². The van der Waals surface area contributed by atoms with Gasteiger partial charge in [-0.15, -0.1) is 0 Å². The number of carboxylic acid groups (broad SMARTS) is 1. The van der Waals surface area contributed by atoms with Crippen LogP contribution in [0.15, 0.2) is 17.0 Å². The molecule has 0 saturated carbocycles. The van der Waals surface area contributed by atoms with Crippen molar-refractivity contribution in [2.45, 2.75) is 32.1 Å². The van der Waals surface area contributed by atoms with Crippen molar-refractivity contribution in [2.24, 2.45) is 5.92 Å². The van der Waals surface area contributed by atoms with Crippen molar-refractivity contribution >= 4 is 16.0 Å². The van der Waals surface area contributed by atoms with Gasteiger partial charge in [-0.2, -0.15) is 0 Å². The Balaban J connectivity index is 2.75. The molecule has 0 unspecified atom stereocenters. The van der Waals surface area contributed by atoms with Crippen molar-refractivity contribution < 1.29 is 27.4 Å². The Hall–Kier alpha value is -1.51. The van der Waals surface area contributed by atoms with Crippen LogP contribution in [0.5, 0.6) is 0 Å². The van der Waals surface area contributed by atoms with Gasteiger partial charge in [0.05, 0.1) is 10.5 Å². The Labute approximate surface area is 135 Å². The number of benzene rings is 1. The molecule has 0 amide bonds. The summed E-state index contributed by atoms with van der Waals surface area (Å²) < 4.78 is 45.6. The van der Waals surface area contributed by atoms with E-state index in [1.807, 2.05) is 13.8 Å². The van der Waals surface area contributed by atoms with Crippen molar-refractivity contribution in [3.05, 3.63) is 29.1 Å². The lowest BCUT2D eigenvalue weighted by Crippen LogP contribution is -2.27. The molecule has 0 atom stereocenters.